The van der Waals surface area contributed by atoms with E-state index >= 15 is 0 Å². The molecule has 0 radical (unpaired) electrons. The van der Waals surface area contributed by atoms with Gasteiger partial charge in [0.05, 0.1) is 19.3 Å². The van der Waals surface area contributed by atoms with Crippen molar-refractivity contribution in [2.45, 2.75) is 6.10 Å². The number of aliphatic hydroxyl groups excluding tert-OH is 1. The summed E-state index contributed by atoms with van der Waals surface area (Å²) in [7, 11) is -1.29. The van der Waals surface area contributed by atoms with Crippen molar-refractivity contribution < 1.29 is 22.8 Å². The molecule has 0 saturated carbocycles. The highest BCUT2D eigenvalue weighted by Gasteiger charge is 2.17. The van der Waals surface area contributed by atoms with E-state index in [1.54, 1.807) is 7.05 Å². The summed E-state index contributed by atoms with van der Waals surface area (Å²) < 4.78 is 35.4. The molecule has 0 bridgehead atoms. The molecule has 0 amide bonds. The lowest BCUT2D eigenvalue weighted by Crippen LogP contribution is -2.36. The Labute approximate surface area is 89.9 Å². The third-order valence-corrected chi connectivity index (χ3v) is 2.61. The van der Waals surface area contributed by atoms with E-state index in [-0.39, 0.29) is 13.2 Å². The van der Waals surface area contributed by atoms with E-state index in [2.05, 4.69) is 5.32 Å². The number of nitrogens with zero attached hydrogens (tertiary/aromatic N) is 1. The standard InChI is InChI=1S/C7H18N2O5S/c1-8-3-4-14-6-7(10)5-9(2)15(11,12)13/h7-8,10H,3-6H2,1-2H3,(H,11,12,13). The predicted molar refractivity (Wildman–Crippen MR) is 54.9 cm³/mol. The SMILES string of the molecule is CNCCOCC(O)CN(C)S(=O)(=O)O. The van der Waals surface area contributed by atoms with Crippen LogP contribution in [0, 0.1) is 0 Å². The Morgan fingerprint density at radius 1 is 1.53 bits per heavy atom. The van der Waals surface area contributed by atoms with Gasteiger partial charge in [-0.2, -0.15) is 12.7 Å². The second kappa shape index (κ2) is 7.09. The maximum Gasteiger partial charge on any atom is 0.335 e. The lowest BCUT2D eigenvalue weighted by Gasteiger charge is -2.17. The minimum absolute atomic E-state index is 0.0293. The molecule has 0 aliphatic carbocycles. The summed E-state index contributed by atoms with van der Waals surface area (Å²) in [5.74, 6) is 0. The molecule has 0 aromatic rings. The van der Waals surface area contributed by atoms with E-state index in [1.165, 1.54) is 7.05 Å². The van der Waals surface area contributed by atoms with Crippen LogP contribution in [-0.4, -0.2) is 68.9 Å². The first kappa shape index (κ1) is 14.8. The number of rotatable bonds is 8. The summed E-state index contributed by atoms with van der Waals surface area (Å²) in [4.78, 5) is 0. The van der Waals surface area contributed by atoms with Gasteiger partial charge in [-0.15, -0.1) is 0 Å². The molecule has 7 nitrogen and oxygen atoms in total. The fourth-order valence-electron chi connectivity index (χ4n) is 0.837. The van der Waals surface area contributed by atoms with Crippen molar-refractivity contribution in [3.05, 3.63) is 0 Å². The van der Waals surface area contributed by atoms with E-state index in [4.69, 9.17) is 9.29 Å². The number of hydrogen-bond donors (Lipinski definition) is 3. The van der Waals surface area contributed by atoms with E-state index in [9.17, 15) is 13.5 Å². The Balaban J connectivity index is 3.70. The third kappa shape index (κ3) is 7.65. The zero-order valence-electron chi connectivity index (χ0n) is 8.88. The maximum atomic E-state index is 10.6. The van der Waals surface area contributed by atoms with E-state index in [0.717, 1.165) is 0 Å². The lowest BCUT2D eigenvalue weighted by atomic mass is 10.4. The topological polar surface area (TPSA) is 99.1 Å². The van der Waals surface area contributed by atoms with E-state index in [1.807, 2.05) is 0 Å². The van der Waals surface area contributed by atoms with Crippen molar-refractivity contribution in [2.24, 2.45) is 0 Å². The lowest BCUT2D eigenvalue weighted by molar-refractivity contribution is 0.0308. The monoisotopic (exact) mass is 242 g/mol. The number of ether oxygens (including phenoxy) is 1. The van der Waals surface area contributed by atoms with Crippen LogP contribution in [0.2, 0.25) is 0 Å². The van der Waals surface area contributed by atoms with Crippen LogP contribution < -0.4 is 5.32 Å². The highest BCUT2D eigenvalue weighted by Crippen LogP contribution is 1.96. The third-order valence-electron chi connectivity index (χ3n) is 1.67. The summed E-state index contributed by atoms with van der Waals surface area (Å²) in [6.45, 7) is 0.921. The molecule has 0 aromatic heterocycles. The zero-order valence-corrected chi connectivity index (χ0v) is 9.70. The first-order valence-corrected chi connectivity index (χ1v) is 5.86. The fourth-order valence-corrected chi connectivity index (χ4v) is 1.20. The minimum Gasteiger partial charge on any atom is -0.389 e. The van der Waals surface area contributed by atoms with Crippen molar-refractivity contribution in [3.8, 4) is 0 Å². The van der Waals surface area contributed by atoms with Crippen LogP contribution in [0.1, 0.15) is 0 Å². The predicted octanol–water partition coefficient (Wildman–Crippen LogP) is -1.68. The van der Waals surface area contributed by atoms with Crippen molar-refractivity contribution in [1.82, 2.24) is 9.62 Å². The summed E-state index contributed by atoms with van der Waals surface area (Å²) in [5.41, 5.74) is 0. The van der Waals surface area contributed by atoms with Gasteiger partial charge >= 0.3 is 10.3 Å². The zero-order chi connectivity index (χ0) is 11.9. The second-order valence-electron chi connectivity index (χ2n) is 3.09. The summed E-state index contributed by atoms with van der Waals surface area (Å²) in [6.07, 6.45) is -0.950. The van der Waals surface area contributed by atoms with Crippen molar-refractivity contribution in [2.75, 3.05) is 40.4 Å². The highest BCUT2D eigenvalue weighted by atomic mass is 32.2. The fraction of sp³-hybridized carbons (Fsp3) is 1.00. The number of aliphatic hydroxyl groups is 1. The van der Waals surface area contributed by atoms with Crippen LogP contribution in [-0.2, 0) is 15.0 Å². The van der Waals surface area contributed by atoms with Gasteiger partial charge in [0.1, 0.15) is 0 Å². The summed E-state index contributed by atoms with van der Waals surface area (Å²) >= 11 is 0. The highest BCUT2D eigenvalue weighted by molar-refractivity contribution is 7.83. The van der Waals surface area contributed by atoms with Gasteiger partial charge in [0.2, 0.25) is 0 Å². The summed E-state index contributed by atoms with van der Waals surface area (Å²) in [6, 6.07) is 0. The van der Waals surface area contributed by atoms with Gasteiger partial charge in [-0.1, -0.05) is 0 Å². The molecule has 1 unspecified atom stereocenters. The molecule has 1 atom stereocenters. The average molecular weight is 242 g/mol. The van der Waals surface area contributed by atoms with Gasteiger partial charge in [-0.25, -0.2) is 0 Å². The van der Waals surface area contributed by atoms with Crippen LogP contribution in [0.25, 0.3) is 0 Å². The summed E-state index contributed by atoms with van der Waals surface area (Å²) in [5, 5.41) is 12.2. The molecule has 0 fully saturated rings. The van der Waals surface area contributed by atoms with E-state index < -0.39 is 16.4 Å². The minimum atomic E-state index is -4.23. The molecule has 15 heavy (non-hydrogen) atoms. The van der Waals surface area contributed by atoms with Gasteiger partial charge in [0, 0.05) is 20.1 Å². The molecule has 8 heteroatoms. The number of hydrogen-bond acceptors (Lipinski definition) is 5. The van der Waals surface area contributed by atoms with Crippen LogP contribution >= 0.6 is 0 Å². The number of nitrogens with one attached hydrogen (secondary N) is 1. The van der Waals surface area contributed by atoms with Crippen molar-refractivity contribution in [1.29, 1.82) is 0 Å². The van der Waals surface area contributed by atoms with Gasteiger partial charge in [-0.3, -0.25) is 4.55 Å². The Morgan fingerprint density at radius 3 is 2.60 bits per heavy atom. The maximum absolute atomic E-state index is 10.6. The molecule has 0 aliphatic heterocycles. The Kier molecular flexibility index (Phi) is 6.98. The van der Waals surface area contributed by atoms with Crippen LogP contribution in [0.3, 0.4) is 0 Å². The molecule has 0 aromatic carbocycles. The van der Waals surface area contributed by atoms with E-state index in [0.29, 0.717) is 17.5 Å². The Hall–Kier alpha value is -0.250. The molecular weight excluding hydrogens is 224 g/mol. The molecule has 0 heterocycles. The van der Waals surface area contributed by atoms with Crippen LogP contribution in [0.15, 0.2) is 0 Å². The van der Waals surface area contributed by atoms with Gasteiger partial charge < -0.3 is 15.2 Å². The van der Waals surface area contributed by atoms with Crippen molar-refractivity contribution >= 4 is 10.3 Å². The molecule has 0 saturated heterocycles. The molecule has 0 spiro atoms. The quantitative estimate of drug-likeness (QED) is 0.347. The van der Waals surface area contributed by atoms with Crippen LogP contribution in [0.5, 0.6) is 0 Å². The number of likely N-dealkylation sites (N-methyl/N-ethyl adjacent to an activating group) is 2. The molecule has 0 rings (SSSR count). The first-order chi connectivity index (χ1) is 6.88. The molecular formula is C7H18N2O5S. The van der Waals surface area contributed by atoms with Gasteiger partial charge in [0.25, 0.3) is 0 Å². The van der Waals surface area contributed by atoms with Crippen LogP contribution in [0.4, 0.5) is 0 Å². The van der Waals surface area contributed by atoms with Crippen molar-refractivity contribution in [3.63, 3.8) is 0 Å². The molecule has 92 valence electrons. The second-order valence-corrected chi connectivity index (χ2v) is 4.61. The van der Waals surface area contributed by atoms with Gasteiger partial charge in [-0.05, 0) is 7.05 Å². The smallest absolute Gasteiger partial charge is 0.335 e. The normalized spacial score (nSPS) is 14.5. The largest absolute Gasteiger partial charge is 0.389 e. The Bertz CT molecular complexity index is 256. The Morgan fingerprint density at radius 2 is 2.13 bits per heavy atom. The molecule has 3 N–H and O–H groups in total. The average Bonchev–Trinajstić information content (AvgIpc) is 2.11. The molecule has 0 aliphatic rings. The first-order valence-electron chi connectivity index (χ1n) is 4.47. The van der Waals surface area contributed by atoms with Gasteiger partial charge in [0.15, 0.2) is 0 Å².